The monoisotopic (exact) mass is 316 g/mol. The van der Waals surface area contributed by atoms with E-state index in [1.165, 1.54) is 6.07 Å². The predicted molar refractivity (Wildman–Crippen MR) is 78.2 cm³/mol. The molecule has 1 aliphatic heterocycles. The molecule has 1 fully saturated rings. The van der Waals surface area contributed by atoms with Crippen LogP contribution in [-0.4, -0.2) is 43.0 Å². The van der Waals surface area contributed by atoms with Gasteiger partial charge in [0.1, 0.15) is 5.82 Å². The van der Waals surface area contributed by atoms with Crippen LogP contribution in [0.15, 0.2) is 22.7 Å². The molecule has 0 N–H and O–H groups in total. The van der Waals surface area contributed by atoms with Gasteiger partial charge in [-0.15, -0.1) is 0 Å². The van der Waals surface area contributed by atoms with Crippen molar-refractivity contribution >= 4 is 15.9 Å². The molecular formula is C14H22BrFN2. The van der Waals surface area contributed by atoms with Crippen molar-refractivity contribution in [3.63, 3.8) is 0 Å². The Morgan fingerprint density at radius 2 is 1.72 bits per heavy atom. The minimum absolute atomic E-state index is 0.168. The molecule has 18 heavy (non-hydrogen) atoms. The van der Waals surface area contributed by atoms with E-state index in [2.05, 4.69) is 32.8 Å². The summed E-state index contributed by atoms with van der Waals surface area (Å²) in [4.78, 5) is 4.68. The van der Waals surface area contributed by atoms with Gasteiger partial charge < -0.3 is 4.90 Å². The lowest BCUT2D eigenvalue weighted by Crippen LogP contribution is -2.43. The Morgan fingerprint density at radius 3 is 2.28 bits per heavy atom. The molecule has 0 amide bonds. The number of halogens is 2. The first-order valence-electron chi connectivity index (χ1n) is 6.49. The number of nitrogens with zero attached hydrogens (tertiary/aromatic N) is 2. The largest absolute Gasteiger partial charge is 0.304 e. The van der Waals surface area contributed by atoms with Crippen molar-refractivity contribution in [3.05, 3.63) is 34.1 Å². The average molecular weight is 317 g/mol. The normalized spacial score (nSPS) is 17.2. The van der Waals surface area contributed by atoms with Gasteiger partial charge in [0.05, 0.1) is 0 Å². The van der Waals surface area contributed by atoms with Crippen LogP contribution in [0.1, 0.15) is 19.4 Å². The molecule has 0 aliphatic carbocycles. The lowest BCUT2D eigenvalue weighted by Gasteiger charge is -2.32. The number of hydrogen-bond acceptors (Lipinski definition) is 2. The van der Waals surface area contributed by atoms with Gasteiger partial charge in [-0.2, -0.15) is 0 Å². The number of piperazine rings is 1. The number of likely N-dealkylation sites (N-methyl/N-ethyl adjacent to an activating group) is 1. The van der Waals surface area contributed by atoms with E-state index < -0.39 is 0 Å². The van der Waals surface area contributed by atoms with Crippen molar-refractivity contribution in [1.29, 1.82) is 0 Å². The van der Waals surface area contributed by atoms with Crippen molar-refractivity contribution in [3.8, 4) is 0 Å². The van der Waals surface area contributed by atoms with Crippen LogP contribution in [-0.2, 0) is 6.54 Å². The van der Waals surface area contributed by atoms with Gasteiger partial charge in [-0.1, -0.05) is 29.8 Å². The first-order chi connectivity index (χ1) is 8.63. The molecule has 102 valence electrons. The second kappa shape index (κ2) is 7.87. The highest BCUT2D eigenvalue weighted by molar-refractivity contribution is 9.10. The molecule has 1 aliphatic rings. The molecule has 2 nitrogen and oxygen atoms in total. The van der Waals surface area contributed by atoms with E-state index in [-0.39, 0.29) is 5.82 Å². The Bertz CT molecular complexity index is 343. The highest BCUT2D eigenvalue weighted by Crippen LogP contribution is 2.16. The topological polar surface area (TPSA) is 6.48 Å². The summed E-state index contributed by atoms with van der Waals surface area (Å²) in [7, 11) is 2.14. The summed E-state index contributed by atoms with van der Waals surface area (Å²) in [6.45, 7) is 9.15. The summed E-state index contributed by atoms with van der Waals surface area (Å²) >= 11 is 3.32. The van der Waals surface area contributed by atoms with E-state index in [0.717, 1.165) is 42.8 Å². The molecule has 0 radical (unpaired) electrons. The fourth-order valence-corrected chi connectivity index (χ4v) is 2.48. The van der Waals surface area contributed by atoms with Crippen LogP contribution in [0.5, 0.6) is 0 Å². The predicted octanol–water partition coefficient (Wildman–Crippen LogP) is 3.36. The fourth-order valence-electron chi connectivity index (χ4n) is 1.97. The molecule has 1 saturated heterocycles. The minimum atomic E-state index is -0.168. The lowest BCUT2D eigenvalue weighted by molar-refractivity contribution is 0.148. The third-order valence-electron chi connectivity index (χ3n) is 2.92. The van der Waals surface area contributed by atoms with E-state index in [1.807, 2.05) is 19.9 Å². The molecule has 1 heterocycles. The van der Waals surface area contributed by atoms with Crippen LogP contribution in [0.25, 0.3) is 0 Å². The molecular weight excluding hydrogens is 295 g/mol. The van der Waals surface area contributed by atoms with Crippen LogP contribution in [0.4, 0.5) is 4.39 Å². The molecule has 1 aromatic carbocycles. The Kier molecular flexibility index (Phi) is 6.82. The number of rotatable bonds is 2. The van der Waals surface area contributed by atoms with Gasteiger partial charge in [-0.25, -0.2) is 4.39 Å². The maximum atomic E-state index is 13.2. The highest BCUT2D eigenvalue weighted by atomic mass is 79.9. The maximum absolute atomic E-state index is 13.2. The van der Waals surface area contributed by atoms with Crippen molar-refractivity contribution in [1.82, 2.24) is 9.80 Å². The maximum Gasteiger partial charge on any atom is 0.124 e. The van der Waals surface area contributed by atoms with E-state index in [4.69, 9.17) is 0 Å². The molecule has 0 unspecified atom stereocenters. The molecule has 1 aromatic rings. The van der Waals surface area contributed by atoms with E-state index in [0.29, 0.717) is 0 Å². The zero-order valence-corrected chi connectivity index (χ0v) is 13.0. The van der Waals surface area contributed by atoms with Gasteiger partial charge in [-0.05, 0) is 30.8 Å². The summed E-state index contributed by atoms with van der Waals surface area (Å²) in [6.07, 6.45) is 0. The van der Waals surface area contributed by atoms with Gasteiger partial charge in [0.2, 0.25) is 0 Å². The number of benzene rings is 1. The van der Waals surface area contributed by atoms with Gasteiger partial charge in [0.15, 0.2) is 0 Å². The zero-order chi connectivity index (χ0) is 13.5. The van der Waals surface area contributed by atoms with Crippen molar-refractivity contribution < 1.29 is 4.39 Å². The van der Waals surface area contributed by atoms with Crippen LogP contribution in [0, 0.1) is 5.82 Å². The molecule has 2 rings (SSSR count). The van der Waals surface area contributed by atoms with E-state index >= 15 is 0 Å². The summed E-state index contributed by atoms with van der Waals surface area (Å²) in [6, 6.07) is 5.10. The standard InChI is InChI=1S/C12H16BrFN2.C2H6/c1-15-2-4-16(5-3-15)9-10-6-11(13)8-12(14)7-10;1-2/h6-8H,2-5,9H2,1H3;1-2H3. The van der Waals surface area contributed by atoms with Crippen LogP contribution in [0.2, 0.25) is 0 Å². The molecule has 0 aromatic heterocycles. The smallest absolute Gasteiger partial charge is 0.124 e. The van der Waals surface area contributed by atoms with Crippen LogP contribution in [0.3, 0.4) is 0 Å². The Hall–Kier alpha value is -0.450. The first-order valence-corrected chi connectivity index (χ1v) is 7.28. The molecule has 4 heteroatoms. The van der Waals surface area contributed by atoms with Crippen molar-refractivity contribution in [2.75, 3.05) is 33.2 Å². The highest BCUT2D eigenvalue weighted by Gasteiger charge is 2.14. The summed E-state index contributed by atoms with van der Waals surface area (Å²) in [5.74, 6) is -0.168. The summed E-state index contributed by atoms with van der Waals surface area (Å²) in [5, 5.41) is 0. The van der Waals surface area contributed by atoms with Crippen LogP contribution >= 0.6 is 15.9 Å². The quantitative estimate of drug-likeness (QED) is 0.825. The second-order valence-corrected chi connectivity index (χ2v) is 5.27. The van der Waals surface area contributed by atoms with E-state index in [9.17, 15) is 4.39 Å². The van der Waals surface area contributed by atoms with Gasteiger partial charge >= 0.3 is 0 Å². The Labute approximate surface area is 118 Å². The second-order valence-electron chi connectivity index (χ2n) is 4.36. The van der Waals surface area contributed by atoms with Crippen molar-refractivity contribution in [2.45, 2.75) is 20.4 Å². The SMILES string of the molecule is CC.CN1CCN(Cc2cc(F)cc(Br)c2)CC1. The zero-order valence-electron chi connectivity index (χ0n) is 11.4. The average Bonchev–Trinajstić information content (AvgIpc) is 2.33. The molecule has 0 atom stereocenters. The molecule has 0 saturated carbocycles. The molecule has 0 bridgehead atoms. The Balaban J connectivity index is 0.000000771. The molecule has 0 spiro atoms. The summed E-state index contributed by atoms with van der Waals surface area (Å²) in [5.41, 5.74) is 1.04. The first kappa shape index (κ1) is 15.6. The van der Waals surface area contributed by atoms with Crippen LogP contribution < -0.4 is 0 Å². The summed E-state index contributed by atoms with van der Waals surface area (Å²) < 4.78 is 14.0. The van der Waals surface area contributed by atoms with Gasteiger partial charge in [0, 0.05) is 37.2 Å². The van der Waals surface area contributed by atoms with Crippen molar-refractivity contribution in [2.24, 2.45) is 0 Å². The minimum Gasteiger partial charge on any atom is -0.304 e. The third-order valence-corrected chi connectivity index (χ3v) is 3.38. The third kappa shape index (κ3) is 5.04. The number of hydrogen-bond donors (Lipinski definition) is 0. The van der Waals surface area contributed by atoms with E-state index in [1.54, 1.807) is 6.07 Å². The van der Waals surface area contributed by atoms with Gasteiger partial charge in [0.25, 0.3) is 0 Å². The Morgan fingerprint density at radius 1 is 1.11 bits per heavy atom. The van der Waals surface area contributed by atoms with Gasteiger partial charge in [-0.3, -0.25) is 4.90 Å². The fraction of sp³-hybridized carbons (Fsp3) is 0.571. The lowest BCUT2D eigenvalue weighted by atomic mass is 10.2.